The molecule has 0 saturated carbocycles. The number of carbonyl (C=O) groups excluding carboxylic acids is 6. The lowest BCUT2D eigenvalue weighted by Crippen LogP contribution is -2.61. The van der Waals surface area contributed by atoms with Gasteiger partial charge in [-0.1, -0.05) is 153 Å². The molecule has 5 rings (SSSR count). The van der Waals surface area contributed by atoms with Crippen molar-refractivity contribution in [2.45, 2.75) is 116 Å². The van der Waals surface area contributed by atoms with Crippen molar-refractivity contribution in [1.82, 2.24) is 20.9 Å². The summed E-state index contributed by atoms with van der Waals surface area (Å²) in [7, 11) is 0. The van der Waals surface area contributed by atoms with Gasteiger partial charge in [0.15, 0.2) is 6.04 Å². The van der Waals surface area contributed by atoms with Crippen LogP contribution in [0.2, 0.25) is 0 Å². The SMILES string of the molecule is CC(C)(C)OC(=O)C(Br)CCCBr.CC(C)(C)OC(=O)C1CCCN(C(=O)OCc2ccccc2)N1C(=O)OCc1ccccc1.O=C(NNC(=O)OCc1ccccc1)OCc1ccccc1. The Hall–Kier alpha value is -6.14. The highest BCUT2D eigenvalue weighted by Crippen LogP contribution is 2.25. The zero-order valence-corrected chi connectivity index (χ0v) is 42.5. The number of hydrazine groups is 2. The Bertz CT molecular complexity index is 2090. The van der Waals surface area contributed by atoms with Gasteiger partial charge < -0.3 is 28.4 Å². The molecule has 0 aliphatic carbocycles. The molecule has 2 unspecified atom stereocenters. The zero-order valence-electron chi connectivity index (χ0n) is 39.3. The van der Waals surface area contributed by atoms with Crippen molar-refractivity contribution in [3.05, 3.63) is 144 Å². The highest BCUT2D eigenvalue weighted by atomic mass is 79.9. The van der Waals surface area contributed by atoms with E-state index in [1.807, 2.05) is 142 Å². The summed E-state index contributed by atoms with van der Waals surface area (Å²) in [6, 6.07) is 35.8. The third-order valence-corrected chi connectivity index (χ3v) is 10.2. The first kappa shape index (κ1) is 56.2. The smallest absolute Gasteiger partial charge is 0.430 e. The van der Waals surface area contributed by atoms with E-state index < -0.39 is 47.6 Å². The van der Waals surface area contributed by atoms with Gasteiger partial charge in [-0.05, 0) is 89.5 Å². The summed E-state index contributed by atoms with van der Waals surface area (Å²) in [5, 5.41) is 3.08. The number of ether oxygens (including phenoxy) is 6. The average molecular weight is 1070 g/mol. The molecule has 0 radical (unpaired) electrons. The minimum absolute atomic E-state index is 0.00408. The second kappa shape index (κ2) is 29.6. The Morgan fingerprint density at radius 1 is 0.588 bits per heavy atom. The zero-order chi connectivity index (χ0) is 50.0. The van der Waals surface area contributed by atoms with Gasteiger partial charge in [0.2, 0.25) is 0 Å². The summed E-state index contributed by atoms with van der Waals surface area (Å²) < 4.78 is 31.4. The number of esters is 2. The van der Waals surface area contributed by atoms with Crippen LogP contribution < -0.4 is 10.9 Å². The van der Waals surface area contributed by atoms with E-state index >= 15 is 0 Å². The number of rotatable bonds is 13. The monoisotopic (exact) mass is 1070 g/mol. The van der Waals surface area contributed by atoms with Crippen LogP contribution in [0.4, 0.5) is 19.2 Å². The molecule has 2 atom stereocenters. The number of hydrogen-bond acceptors (Lipinski definition) is 12. The second-order valence-electron chi connectivity index (χ2n) is 16.9. The molecule has 4 aromatic rings. The Balaban J connectivity index is 0.000000301. The Kier molecular flexibility index (Phi) is 24.4. The van der Waals surface area contributed by atoms with E-state index in [0.29, 0.717) is 12.8 Å². The van der Waals surface area contributed by atoms with Crippen molar-refractivity contribution in [3.8, 4) is 0 Å². The van der Waals surface area contributed by atoms with Gasteiger partial charge in [-0.2, -0.15) is 5.01 Å². The van der Waals surface area contributed by atoms with Crippen molar-refractivity contribution in [3.63, 3.8) is 0 Å². The molecule has 1 aliphatic rings. The van der Waals surface area contributed by atoms with Crippen LogP contribution in [0.25, 0.3) is 0 Å². The molecule has 1 fully saturated rings. The predicted molar refractivity (Wildman–Crippen MR) is 262 cm³/mol. The number of nitrogens with zero attached hydrogens (tertiary/aromatic N) is 2. The Morgan fingerprint density at radius 3 is 1.35 bits per heavy atom. The third kappa shape index (κ3) is 23.0. The van der Waals surface area contributed by atoms with E-state index in [9.17, 15) is 28.8 Å². The van der Waals surface area contributed by atoms with Crippen molar-refractivity contribution in [2.24, 2.45) is 0 Å². The first-order valence-corrected chi connectivity index (χ1v) is 24.0. The van der Waals surface area contributed by atoms with Crippen LogP contribution in [0.5, 0.6) is 0 Å². The summed E-state index contributed by atoms with van der Waals surface area (Å²) in [4.78, 5) is 72.9. The summed E-state index contributed by atoms with van der Waals surface area (Å²) >= 11 is 6.62. The van der Waals surface area contributed by atoms with Crippen LogP contribution in [-0.4, -0.2) is 80.3 Å². The van der Waals surface area contributed by atoms with Crippen molar-refractivity contribution in [2.75, 3.05) is 11.9 Å². The van der Waals surface area contributed by atoms with Gasteiger partial charge in [-0.15, -0.1) is 0 Å². The summed E-state index contributed by atoms with van der Waals surface area (Å²) in [5.74, 6) is -0.770. The minimum Gasteiger partial charge on any atom is -0.459 e. The van der Waals surface area contributed by atoms with E-state index in [-0.39, 0.29) is 43.8 Å². The first-order chi connectivity index (χ1) is 32.3. The van der Waals surface area contributed by atoms with Gasteiger partial charge in [0.05, 0.1) is 0 Å². The molecule has 0 aromatic heterocycles. The summed E-state index contributed by atoms with van der Waals surface area (Å²) in [5.41, 5.74) is 6.37. The highest BCUT2D eigenvalue weighted by Gasteiger charge is 2.43. The average Bonchev–Trinajstić information content (AvgIpc) is 3.32. The van der Waals surface area contributed by atoms with E-state index in [1.54, 1.807) is 20.8 Å². The van der Waals surface area contributed by atoms with E-state index in [1.165, 1.54) is 0 Å². The lowest BCUT2D eigenvalue weighted by molar-refractivity contribution is -0.170. The van der Waals surface area contributed by atoms with E-state index in [2.05, 4.69) is 42.7 Å². The fraction of sp³-hybridized carbons (Fsp3) is 0.400. The molecule has 68 heavy (non-hydrogen) atoms. The molecule has 0 spiro atoms. The quantitative estimate of drug-likeness (QED) is 0.0559. The highest BCUT2D eigenvalue weighted by molar-refractivity contribution is 9.10. The Morgan fingerprint density at radius 2 is 0.971 bits per heavy atom. The Labute approximate surface area is 415 Å². The molecule has 4 aromatic carbocycles. The number of alkyl halides is 2. The largest absolute Gasteiger partial charge is 0.459 e. The standard InChI is InChI=1S/C25H30N2O6.C16H16N2O4.C9H16Br2O2/c1-25(2,3)33-22(28)21-15-10-16-26(23(29)31-17-19-11-6-4-7-12-19)27(21)24(30)32-18-20-13-8-5-9-14-20;19-15(21-11-13-7-3-1-4-8-13)17-18-16(20)22-12-14-9-5-2-6-10-14;1-9(2,3)13-8(12)7(11)5-4-6-10/h4-9,11-14,21H,10,15-18H2,1-3H3;1-10H,11-12H2,(H,17,19)(H,18,20);7H,4-6H2,1-3H3. The fourth-order valence-corrected chi connectivity index (χ4v) is 6.51. The van der Waals surface area contributed by atoms with Gasteiger partial charge in [-0.25, -0.2) is 39.8 Å². The van der Waals surface area contributed by atoms with Gasteiger partial charge in [0, 0.05) is 11.9 Å². The normalized spacial score (nSPS) is 13.6. The molecular formula is C50H62Br2N4O12. The van der Waals surface area contributed by atoms with Crippen molar-refractivity contribution < 1.29 is 57.2 Å². The molecular weight excluding hydrogens is 1010 g/mol. The topological polar surface area (TPSA) is 188 Å². The number of halogens is 2. The summed E-state index contributed by atoms with van der Waals surface area (Å²) in [6.45, 7) is 11.4. The molecule has 2 N–H and O–H groups in total. The van der Waals surface area contributed by atoms with Gasteiger partial charge in [-0.3, -0.25) is 4.79 Å². The van der Waals surface area contributed by atoms with Gasteiger partial charge in [0.1, 0.15) is 42.5 Å². The number of carbonyl (C=O) groups is 6. The third-order valence-electron chi connectivity index (χ3n) is 8.84. The first-order valence-electron chi connectivity index (χ1n) is 21.9. The minimum atomic E-state index is -0.995. The van der Waals surface area contributed by atoms with Crippen molar-refractivity contribution in [1.29, 1.82) is 0 Å². The molecule has 16 nitrogen and oxygen atoms in total. The van der Waals surface area contributed by atoms with Crippen molar-refractivity contribution >= 4 is 68.2 Å². The molecule has 1 saturated heterocycles. The molecule has 18 heteroatoms. The maximum atomic E-state index is 13.1. The van der Waals surface area contributed by atoms with E-state index in [0.717, 1.165) is 50.4 Å². The molecule has 1 aliphatic heterocycles. The van der Waals surface area contributed by atoms with Gasteiger partial charge >= 0.3 is 36.3 Å². The summed E-state index contributed by atoms with van der Waals surface area (Å²) in [6.07, 6.45) is -0.448. The van der Waals surface area contributed by atoms with Crippen LogP contribution in [0.15, 0.2) is 121 Å². The number of amides is 4. The molecule has 0 bridgehead atoms. The van der Waals surface area contributed by atoms with Gasteiger partial charge in [0.25, 0.3) is 0 Å². The maximum absolute atomic E-state index is 13.1. The maximum Gasteiger partial charge on any atom is 0.430 e. The molecule has 368 valence electrons. The van der Waals surface area contributed by atoms with Crippen LogP contribution in [0.1, 0.15) is 89.5 Å². The predicted octanol–water partition coefficient (Wildman–Crippen LogP) is 10.7. The van der Waals surface area contributed by atoms with Crippen LogP contribution in [0.3, 0.4) is 0 Å². The number of hydrogen-bond donors (Lipinski definition) is 2. The van der Waals surface area contributed by atoms with Crippen LogP contribution in [-0.2, 0) is 64.4 Å². The lowest BCUT2D eigenvalue weighted by atomic mass is 10.1. The number of nitrogens with one attached hydrogen (secondary N) is 2. The molecule has 4 amide bonds. The van der Waals surface area contributed by atoms with E-state index in [4.69, 9.17) is 28.4 Å². The molecule has 1 heterocycles. The van der Waals surface area contributed by atoms with Crippen LogP contribution in [0, 0.1) is 0 Å². The number of benzene rings is 4. The lowest BCUT2D eigenvalue weighted by Gasteiger charge is -2.41. The fourth-order valence-electron chi connectivity index (χ4n) is 5.76. The van der Waals surface area contributed by atoms with Crippen LogP contribution >= 0.6 is 31.9 Å². The second-order valence-corrected chi connectivity index (χ2v) is 18.8.